The van der Waals surface area contributed by atoms with E-state index in [-0.39, 0.29) is 11.8 Å². The van der Waals surface area contributed by atoms with Crippen LogP contribution in [0.5, 0.6) is 0 Å². The van der Waals surface area contributed by atoms with E-state index >= 15 is 0 Å². The topological polar surface area (TPSA) is 74.3 Å². The van der Waals surface area contributed by atoms with Crippen molar-refractivity contribution in [3.63, 3.8) is 0 Å². The van der Waals surface area contributed by atoms with E-state index in [0.717, 1.165) is 24.5 Å². The molecule has 3 rings (SSSR count). The second-order valence-corrected chi connectivity index (χ2v) is 6.83. The molecular weight excluding hydrogens is 376 g/mol. The van der Waals surface area contributed by atoms with E-state index in [1.165, 1.54) is 0 Å². The highest BCUT2D eigenvalue weighted by atomic mass is 16.2. The number of hydrogen-bond donors (Lipinski definition) is 2. The quantitative estimate of drug-likeness (QED) is 0.599. The molecule has 2 amide bonds. The molecule has 0 radical (unpaired) electrons. The molecular formula is C24H26N4O2. The molecule has 6 nitrogen and oxygen atoms in total. The molecule has 0 spiro atoms. The third kappa shape index (κ3) is 4.84. The molecule has 0 saturated heterocycles. The molecule has 6 heteroatoms. The Morgan fingerprint density at radius 3 is 1.93 bits per heavy atom. The molecule has 0 unspecified atom stereocenters. The maximum atomic E-state index is 12.7. The Morgan fingerprint density at radius 1 is 0.800 bits per heavy atom. The molecule has 2 N–H and O–H groups in total. The van der Waals surface area contributed by atoms with Crippen molar-refractivity contribution in [3.05, 3.63) is 83.6 Å². The number of carbonyl (C=O) groups excluding carboxylic acids is 2. The summed E-state index contributed by atoms with van der Waals surface area (Å²) in [7, 11) is 0. The number of pyridine rings is 1. The Labute approximate surface area is 177 Å². The van der Waals surface area contributed by atoms with Crippen LogP contribution >= 0.6 is 0 Å². The molecule has 30 heavy (non-hydrogen) atoms. The average Bonchev–Trinajstić information content (AvgIpc) is 2.78. The number of hydrogen-bond acceptors (Lipinski definition) is 4. The van der Waals surface area contributed by atoms with Crippen molar-refractivity contribution in [3.8, 4) is 0 Å². The zero-order valence-corrected chi connectivity index (χ0v) is 17.5. The molecule has 3 aromatic rings. The fraction of sp³-hybridized carbons (Fsp3) is 0.208. The van der Waals surface area contributed by atoms with Gasteiger partial charge in [0.1, 0.15) is 5.82 Å². The Kier molecular flexibility index (Phi) is 6.80. The van der Waals surface area contributed by atoms with Gasteiger partial charge in [0.2, 0.25) is 0 Å². The number of rotatable bonds is 7. The lowest BCUT2D eigenvalue weighted by Gasteiger charge is -2.19. The lowest BCUT2D eigenvalue weighted by atomic mass is 10.1. The summed E-state index contributed by atoms with van der Waals surface area (Å²) in [5.74, 6) is 0.403. The smallest absolute Gasteiger partial charge is 0.257 e. The number of amides is 2. The van der Waals surface area contributed by atoms with Gasteiger partial charge in [-0.05, 0) is 62.7 Å². The summed E-state index contributed by atoms with van der Waals surface area (Å²) in [4.78, 5) is 31.7. The van der Waals surface area contributed by atoms with E-state index in [1.807, 2.05) is 43.3 Å². The highest BCUT2D eigenvalue weighted by Crippen LogP contribution is 2.24. The van der Waals surface area contributed by atoms with E-state index < -0.39 is 0 Å². The number of aromatic nitrogens is 1. The lowest BCUT2D eigenvalue weighted by Crippen LogP contribution is -2.23. The molecule has 0 bridgehead atoms. The van der Waals surface area contributed by atoms with Crippen LogP contribution in [-0.2, 0) is 0 Å². The van der Waals surface area contributed by atoms with Crippen LogP contribution in [0.25, 0.3) is 0 Å². The number of anilines is 3. The Morgan fingerprint density at radius 2 is 1.40 bits per heavy atom. The maximum absolute atomic E-state index is 12.7. The lowest BCUT2D eigenvalue weighted by molar-refractivity contribution is 0.101. The minimum atomic E-state index is -0.247. The minimum Gasteiger partial charge on any atom is -0.357 e. The summed E-state index contributed by atoms with van der Waals surface area (Å²) in [6.45, 7) is 7.71. The Hall–Kier alpha value is -3.67. The summed E-state index contributed by atoms with van der Waals surface area (Å²) < 4.78 is 0. The fourth-order valence-corrected chi connectivity index (χ4v) is 3.14. The van der Waals surface area contributed by atoms with Gasteiger partial charge in [-0.3, -0.25) is 9.59 Å². The van der Waals surface area contributed by atoms with Gasteiger partial charge in [-0.1, -0.05) is 24.3 Å². The first-order chi connectivity index (χ1) is 14.5. The zero-order chi connectivity index (χ0) is 21.5. The van der Waals surface area contributed by atoms with Gasteiger partial charge in [0.25, 0.3) is 11.8 Å². The molecule has 1 aromatic heterocycles. The second-order valence-electron chi connectivity index (χ2n) is 6.83. The highest BCUT2D eigenvalue weighted by Gasteiger charge is 2.13. The molecule has 0 aliphatic heterocycles. The van der Waals surface area contributed by atoms with Gasteiger partial charge < -0.3 is 15.5 Å². The monoisotopic (exact) mass is 402 g/mol. The van der Waals surface area contributed by atoms with E-state index in [0.29, 0.717) is 22.5 Å². The number of nitrogens with one attached hydrogen (secondary N) is 2. The summed E-state index contributed by atoms with van der Waals surface area (Å²) in [5.41, 5.74) is 3.12. The van der Waals surface area contributed by atoms with Crippen LogP contribution in [-0.4, -0.2) is 29.9 Å². The molecule has 154 valence electrons. The number of nitrogens with zero attached hydrogens (tertiary/aromatic N) is 2. The van der Waals surface area contributed by atoms with Crippen molar-refractivity contribution in [1.29, 1.82) is 0 Å². The van der Waals surface area contributed by atoms with Gasteiger partial charge in [0, 0.05) is 36.2 Å². The third-order valence-electron chi connectivity index (χ3n) is 4.96. The van der Waals surface area contributed by atoms with E-state index in [4.69, 9.17) is 0 Å². The van der Waals surface area contributed by atoms with E-state index in [2.05, 4.69) is 34.4 Å². The van der Waals surface area contributed by atoms with Crippen LogP contribution in [0.3, 0.4) is 0 Å². The van der Waals surface area contributed by atoms with Crippen LogP contribution in [0.4, 0.5) is 17.2 Å². The summed E-state index contributed by atoms with van der Waals surface area (Å²) >= 11 is 0. The molecule has 0 atom stereocenters. The SMILES string of the molecule is CCN(CC)c1ccc(C(=O)Nc2cccc(NC(=O)c3ccccc3)c2C)cn1. The first kappa shape index (κ1) is 21.0. The van der Waals surface area contributed by atoms with Crippen LogP contribution in [0, 0.1) is 6.92 Å². The molecule has 1 heterocycles. The summed E-state index contributed by atoms with van der Waals surface area (Å²) in [6.07, 6.45) is 1.58. The van der Waals surface area contributed by atoms with Gasteiger partial charge in [0.05, 0.1) is 5.56 Å². The van der Waals surface area contributed by atoms with E-state index in [9.17, 15) is 9.59 Å². The van der Waals surface area contributed by atoms with Gasteiger partial charge in [0.15, 0.2) is 0 Å². The van der Waals surface area contributed by atoms with Crippen molar-refractivity contribution in [2.45, 2.75) is 20.8 Å². The van der Waals surface area contributed by atoms with Gasteiger partial charge in [-0.15, -0.1) is 0 Å². The minimum absolute atomic E-state index is 0.196. The molecule has 0 saturated carbocycles. The highest BCUT2D eigenvalue weighted by molar-refractivity contribution is 6.07. The Bertz CT molecular complexity index is 1010. The van der Waals surface area contributed by atoms with Gasteiger partial charge in [-0.2, -0.15) is 0 Å². The molecule has 0 aliphatic rings. The van der Waals surface area contributed by atoms with Crippen molar-refractivity contribution in [2.75, 3.05) is 28.6 Å². The average molecular weight is 402 g/mol. The number of benzene rings is 2. The number of carbonyl (C=O) groups is 2. The third-order valence-corrected chi connectivity index (χ3v) is 4.96. The van der Waals surface area contributed by atoms with Crippen molar-refractivity contribution in [2.24, 2.45) is 0 Å². The first-order valence-electron chi connectivity index (χ1n) is 10.0. The zero-order valence-electron chi connectivity index (χ0n) is 17.5. The molecule has 0 aliphatic carbocycles. The van der Waals surface area contributed by atoms with Crippen LogP contribution in [0.2, 0.25) is 0 Å². The Balaban J connectivity index is 1.73. The summed E-state index contributed by atoms with van der Waals surface area (Å²) in [6, 6.07) is 18.0. The standard InChI is InChI=1S/C24H26N4O2/c1-4-28(5-2)22-15-14-19(16-25-22)24(30)27-21-13-9-12-20(17(21)3)26-23(29)18-10-7-6-8-11-18/h6-16H,4-5H2,1-3H3,(H,26,29)(H,27,30). The van der Waals surface area contributed by atoms with Crippen LogP contribution in [0.15, 0.2) is 66.9 Å². The van der Waals surface area contributed by atoms with Crippen LogP contribution < -0.4 is 15.5 Å². The largest absolute Gasteiger partial charge is 0.357 e. The summed E-state index contributed by atoms with van der Waals surface area (Å²) in [5, 5.41) is 5.82. The second kappa shape index (κ2) is 9.69. The van der Waals surface area contributed by atoms with Crippen molar-refractivity contribution >= 4 is 29.0 Å². The van der Waals surface area contributed by atoms with Crippen LogP contribution in [0.1, 0.15) is 40.1 Å². The fourth-order valence-electron chi connectivity index (χ4n) is 3.14. The van der Waals surface area contributed by atoms with Gasteiger partial charge in [-0.25, -0.2) is 4.98 Å². The molecule has 2 aromatic carbocycles. The molecule has 0 fully saturated rings. The van der Waals surface area contributed by atoms with Gasteiger partial charge >= 0.3 is 0 Å². The predicted molar refractivity (Wildman–Crippen MR) is 121 cm³/mol. The normalized spacial score (nSPS) is 10.4. The first-order valence-corrected chi connectivity index (χ1v) is 10.0. The predicted octanol–water partition coefficient (Wildman–Crippen LogP) is 4.74. The van der Waals surface area contributed by atoms with Crippen molar-refractivity contribution < 1.29 is 9.59 Å². The maximum Gasteiger partial charge on any atom is 0.257 e. The van der Waals surface area contributed by atoms with E-state index in [1.54, 1.807) is 30.5 Å². The van der Waals surface area contributed by atoms with Crippen molar-refractivity contribution in [1.82, 2.24) is 4.98 Å².